The summed E-state index contributed by atoms with van der Waals surface area (Å²) in [6, 6.07) is 9.97. The third kappa shape index (κ3) is 2.99. The van der Waals surface area contributed by atoms with E-state index >= 15 is 0 Å². The van der Waals surface area contributed by atoms with E-state index in [9.17, 15) is 9.18 Å². The molecule has 0 heterocycles. The molecule has 0 amide bonds. The van der Waals surface area contributed by atoms with Crippen molar-refractivity contribution in [1.29, 1.82) is 0 Å². The first-order valence-corrected chi connectivity index (χ1v) is 6.04. The molecule has 0 aromatic heterocycles. The van der Waals surface area contributed by atoms with Crippen LogP contribution in [0.25, 0.3) is 0 Å². The van der Waals surface area contributed by atoms with Gasteiger partial charge in [0.1, 0.15) is 18.2 Å². The topological polar surface area (TPSA) is 26.3 Å². The first kappa shape index (κ1) is 13.3. The zero-order chi connectivity index (χ0) is 13.8. The number of ether oxygens (including phenoxy) is 1. The average molecular weight is 258 g/mol. The number of carbonyl (C=O) groups excluding carboxylic acids is 1. The van der Waals surface area contributed by atoms with Gasteiger partial charge in [0.25, 0.3) is 0 Å². The Labute approximate surface area is 111 Å². The number of hydrogen-bond acceptors (Lipinski definition) is 2. The summed E-state index contributed by atoms with van der Waals surface area (Å²) in [5.74, 6) is 0.269. The summed E-state index contributed by atoms with van der Waals surface area (Å²) in [6.45, 7) is 4.02. The molecule has 0 saturated heterocycles. The van der Waals surface area contributed by atoms with E-state index in [2.05, 4.69) is 0 Å². The summed E-state index contributed by atoms with van der Waals surface area (Å²) in [7, 11) is 0. The average Bonchev–Trinajstić information content (AvgIpc) is 2.40. The summed E-state index contributed by atoms with van der Waals surface area (Å²) in [6.07, 6.45) is 0.765. The van der Waals surface area contributed by atoms with Gasteiger partial charge in [-0.2, -0.15) is 0 Å². The molecule has 98 valence electrons. The summed E-state index contributed by atoms with van der Waals surface area (Å²) in [4.78, 5) is 11.0. The molecule has 0 atom stereocenters. The van der Waals surface area contributed by atoms with Crippen LogP contribution in [-0.4, -0.2) is 6.29 Å². The van der Waals surface area contributed by atoms with Crippen LogP contribution in [0.15, 0.2) is 36.4 Å². The fourth-order valence-electron chi connectivity index (χ4n) is 1.91. The van der Waals surface area contributed by atoms with Crippen LogP contribution in [0, 0.1) is 19.7 Å². The largest absolute Gasteiger partial charge is 0.488 e. The number of rotatable bonds is 4. The third-order valence-electron chi connectivity index (χ3n) is 3.05. The number of aldehydes is 1. The molecule has 19 heavy (non-hydrogen) atoms. The smallest absolute Gasteiger partial charge is 0.153 e. The number of aryl methyl sites for hydroxylation is 2. The van der Waals surface area contributed by atoms with Crippen LogP contribution < -0.4 is 4.74 Å². The normalized spacial score (nSPS) is 10.3. The fourth-order valence-corrected chi connectivity index (χ4v) is 1.91. The second-order valence-electron chi connectivity index (χ2n) is 4.47. The standard InChI is InChI=1S/C16H15FO2/c1-11-6-7-15(17)8-14(11)10-19-16-12(2)4-3-5-13(16)9-18/h3-9H,10H2,1-2H3. The Balaban J connectivity index is 2.23. The monoisotopic (exact) mass is 258 g/mol. The lowest BCUT2D eigenvalue weighted by molar-refractivity contribution is 0.111. The lowest BCUT2D eigenvalue weighted by atomic mass is 10.1. The number of carbonyl (C=O) groups is 1. The first-order valence-electron chi connectivity index (χ1n) is 6.04. The van der Waals surface area contributed by atoms with Gasteiger partial charge in [-0.15, -0.1) is 0 Å². The van der Waals surface area contributed by atoms with E-state index in [1.807, 2.05) is 19.9 Å². The molecule has 2 rings (SSSR count). The molecule has 0 fully saturated rings. The molecule has 0 aliphatic carbocycles. The van der Waals surface area contributed by atoms with Crippen molar-refractivity contribution < 1.29 is 13.9 Å². The molecule has 0 bridgehead atoms. The number of para-hydroxylation sites is 1. The van der Waals surface area contributed by atoms with Gasteiger partial charge in [0.15, 0.2) is 6.29 Å². The molecule has 0 aliphatic heterocycles. The van der Waals surface area contributed by atoms with Crippen LogP contribution in [0.5, 0.6) is 5.75 Å². The van der Waals surface area contributed by atoms with E-state index in [4.69, 9.17) is 4.74 Å². The van der Waals surface area contributed by atoms with Crippen molar-refractivity contribution in [2.24, 2.45) is 0 Å². The molecular weight excluding hydrogens is 243 g/mol. The van der Waals surface area contributed by atoms with Crippen molar-refractivity contribution >= 4 is 6.29 Å². The van der Waals surface area contributed by atoms with E-state index < -0.39 is 0 Å². The Morgan fingerprint density at radius 2 is 1.95 bits per heavy atom. The summed E-state index contributed by atoms with van der Waals surface area (Å²) in [5.41, 5.74) is 3.13. The van der Waals surface area contributed by atoms with Crippen molar-refractivity contribution in [1.82, 2.24) is 0 Å². The van der Waals surface area contributed by atoms with Gasteiger partial charge in [-0.05, 0) is 48.7 Å². The van der Waals surface area contributed by atoms with E-state index in [1.54, 1.807) is 18.2 Å². The summed E-state index contributed by atoms with van der Waals surface area (Å²) in [5, 5.41) is 0. The fraction of sp³-hybridized carbons (Fsp3) is 0.188. The zero-order valence-corrected chi connectivity index (χ0v) is 10.9. The van der Waals surface area contributed by atoms with Crippen molar-refractivity contribution in [3.05, 3.63) is 64.5 Å². The van der Waals surface area contributed by atoms with Gasteiger partial charge < -0.3 is 4.74 Å². The second kappa shape index (κ2) is 5.65. The minimum Gasteiger partial charge on any atom is -0.488 e. The zero-order valence-electron chi connectivity index (χ0n) is 10.9. The highest BCUT2D eigenvalue weighted by Crippen LogP contribution is 2.23. The number of benzene rings is 2. The molecule has 0 saturated carbocycles. The highest BCUT2D eigenvalue weighted by Gasteiger charge is 2.08. The van der Waals surface area contributed by atoms with E-state index in [-0.39, 0.29) is 12.4 Å². The van der Waals surface area contributed by atoms with Crippen LogP contribution in [0.2, 0.25) is 0 Å². The van der Waals surface area contributed by atoms with E-state index in [1.165, 1.54) is 12.1 Å². The first-order chi connectivity index (χ1) is 9.11. The molecule has 2 aromatic rings. The van der Waals surface area contributed by atoms with E-state index in [0.717, 1.165) is 23.0 Å². The predicted molar refractivity (Wildman–Crippen MR) is 72.0 cm³/mol. The Morgan fingerprint density at radius 3 is 2.68 bits per heavy atom. The van der Waals surface area contributed by atoms with Gasteiger partial charge >= 0.3 is 0 Å². The number of halogens is 1. The molecule has 0 N–H and O–H groups in total. The molecular formula is C16H15FO2. The highest BCUT2D eigenvalue weighted by molar-refractivity contribution is 5.80. The molecule has 0 aliphatic rings. The van der Waals surface area contributed by atoms with Gasteiger partial charge in [-0.3, -0.25) is 4.79 Å². The van der Waals surface area contributed by atoms with Crippen LogP contribution in [0.3, 0.4) is 0 Å². The summed E-state index contributed by atoms with van der Waals surface area (Å²) < 4.78 is 18.9. The number of hydrogen-bond donors (Lipinski definition) is 0. The van der Waals surface area contributed by atoms with Gasteiger partial charge in [-0.25, -0.2) is 4.39 Å². The summed E-state index contributed by atoms with van der Waals surface area (Å²) >= 11 is 0. The van der Waals surface area contributed by atoms with Crippen LogP contribution in [0.1, 0.15) is 27.0 Å². The van der Waals surface area contributed by atoms with Gasteiger partial charge in [0, 0.05) is 0 Å². The molecule has 0 unspecified atom stereocenters. The maximum atomic E-state index is 13.2. The molecule has 3 heteroatoms. The Bertz CT molecular complexity index is 606. The van der Waals surface area contributed by atoms with Crippen molar-refractivity contribution in [2.45, 2.75) is 20.5 Å². The molecule has 2 aromatic carbocycles. The predicted octanol–water partition coefficient (Wildman–Crippen LogP) is 3.83. The van der Waals surface area contributed by atoms with Crippen molar-refractivity contribution in [3.63, 3.8) is 0 Å². The lowest BCUT2D eigenvalue weighted by Crippen LogP contribution is -2.02. The van der Waals surface area contributed by atoms with Crippen molar-refractivity contribution in [3.8, 4) is 5.75 Å². The SMILES string of the molecule is Cc1ccc(F)cc1COc1c(C)cccc1C=O. The van der Waals surface area contributed by atoms with Crippen LogP contribution in [0.4, 0.5) is 4.39 Å². The van der Waals surface area contributed by atoms with Gasteiger partial charge in [0.05, 0.1) is 5.56 Å². The third-order valence-corrected chi connectivity index (χ3v) is 3.05. The minimum absolute atomic E-state index is 0.245. The maximum absolute atomic E-state index is 13.2. The van der Waals surface area contributed by atoms with E-state index in [0.29, 0.717) is 11.3 Å². The lowest BCUT2D eigenvalue weighted by Gasteiger charge is -2.12. The molecule has 0 radical (unpaired) electrons. The van der Waals surface area contributed by atoms with Crippen LogP contribution >= 0.6 is 0 Å². The van der Waals surface area contributed by atoms with Crippen molar-refractivity contribution in [2.75, 3.05) is 0 Å². The minimum atomic E-state index is -0.287. The molecule has 0 spiro atoms. The molecule has 2 nitrogen and oxygen atoms in total. The quantitative estimate of drug-likeness (QED) is 0.779. The Morgan fingerprint density at radius 1 is 1.16 bits per heavy atom. The van der Waals surface area contributed by atoms with Gasteiger partial charge in [-0.1, -0.05) is 18.2 Å². The maximum Gasteiger partial charge on any atom is 0.153 e. The Kier molecular flexibility index (Phi) is 3.95. The van der Waals surface area contributed by atoms with Gasteiger partial charge in [0.2, 0.25) is 0 Å². The highest BCUT2D eigenvalue weighted by atomic mass is 19.1. The van der Waals surface area contributed by atoms with Crippen LogP contribution in [-0.2, 0) is 6.61 Å². The second-order valence-corrected chi connectivity index (χ2v) is 4.47. The Hall–Kier alpha value is -2.16.